The molecule has 2 saturated heterocycles. The Kier molecular flexibility index (Phi) is 5.47. The lowest BCUT2D eigenvalue weighted by atomic mass is 9.88. The maximum atomic E-state index is 13.4. The first kappa shape index (κ1) is 20.8. The normalized spacial score (nSPS) is 26.1. The van der Waals surface area contributed by atoms with Gasteiger partial charge in [-0.1, -0.05) is 20.8 Å². The average Bonchev–Trinajstić information content (AvgIpc) is 3.20. The molecule has 0 bridgehead atoms. The number of nitrogens with zero attached hydrogens (tertiary/aromatic N) is 4. The molecule has 162 valence electrons. The van der Waals surface area contributed by atoms with E-state index in [1.54, 1.807) is 11.0 Å². The molecule has 5 nitrogen and oxygen atoms in total. The molecule has 3 aliphatic rings. The highest BCUT2D eigenvalue weighted by molar-refractivity contribution is 5.44. The fourth-order valence-electron chi connectivity index (χ4n) is 4.80. The van der Waals surface area contributed by atoms with Crippen LogP contribution in [0.15, 0.2) is 12.1 Å². The van der Waals surface area contributed by atoms with E-state index in [4.69, 9.17) is 0 Å². The Labute approximate surface area is 173 Å². The minimum atomic E-state index is -2.61. The number of hydrogen-bond acceptors (Lipinski definition) is 5. The third kappa shape index (κ3) is 5.16. The second kappa shape index (κ2) is 7.64. The van der Waals surface area contributed by atoms with Gasteiger partial charge in [-0.25, -0.2) is 8.78 Å². The Bertz CT molecular complexity index is 692. The van der Waals surface area contributed by atoms with E-state index in [-0.39, 0.29) is 13.0 Å². The first-order valence-electron chi connectivity index (χ1n) is 11.1. The lowest BCUT2D eigenvalue weighted by molar-refractivity contribution is 0.0256. The van der Waals surface area contributed by atoms with Crippen LogP contribution in [0.2, 0.25) is 0 Å². The van der Waals surface area contributed by atoms with Crippen molar-refractivity contribution >= 4 is 11.6 Å². The molecular weight excluding hydrogens is 372 g/mol. The molecule has 0 aromatic carbocycles. The zero-order chi connectivity index (χ0) is 20.7. The molecule has 1 aromatic rings. The third-order valence-electron chi connectivity index (χ3n) is 7.06. The minimum absolute atomic E-state index is 0.105. The predicted molar refractivity (Wildman–Crippen MR) is 113 cm³/mol. The molecule has 1 unspecified atom stereocenters. The quantitative estimate of drug-likeness (QED) is 0.763. The highest BCUT2D eigenvalue weighted by atomic mass is 19.3. The van der Waals surface area contributed by atoms with Gasteiger partial charge in [0.05, 0.1) is 6.54 Å². The summed E-state index contributed by atoms with van der Waals surface area (Å²) in [5.41, 5.74) is 0.938. The van der Waals surface area contributed by atoms with Crippen molar-refractivity contribution in [2.24, 2.45) is 16.7 Å². The topological polar surface area (TPSA) is 44.3 Å². The molecule has 0 amide bonds. The fraction of sp³-hybridized carbons (Fsp3) is 0.818. The van der Waals surface area contributed by atoms with Crippen LogP contribution in [-0.2, 0) is 0 Å². The van der Waals surface area contributed by atoms with Gasteiger partial charge in [-0.2, -0.15) is 0 Å². The largest absolute Gasteiger partial charge is 0.368 e. The molecule has 1 spiro atoms. The summed E-state index contributed by atoms with van der Waals surface area (Å²) in [5.74, 6) is -0.616. The van der Waals surface area contributed by atoms with Crippen LogP contribution < -0.4 is 10.2 Å². The summed E-state index contributed by atoms with van der Waals surface area (Å²) in [6.07, 6.45) is 5.07. The van der Waals surface area contributed by atoms with Gasteiger partial charge in [0.15, 0.2) is 5.82 Å². The number of rotatable bonds is 6. The van der Waals surface area contributed by atoms with E-state index in [1.807, 2.05) is 6.07 Å². The van der Waals surface area contributed by atoms with Crippen molar-refractivity contribution in [1.29, 1.82) is 0 Å². The molecule has 1 N–H and O–H groups in total. The first-order valence-corrected chi connectivity index (χ1v) is 11.1. The number of nitrogens with one attached hydrogen (secondary N) is 1. The van der Waals surface area contributed by atoms with Gasteiger partial charge in [-0.15, -0.1) is 10.2 Å². The van der Waals surface area contributed by atoms with Crippen LogP contribution in [-0.4, -0.2) is 60.3 Å². The van der Waals surface area contributed by atoms with E-state index in [0.717, 1.165) is 12.4 Å². The van der Waals surface area contributed by atoms with E-state index >= 15 is 0 Å². The Morgan fingerprint density at radius 2 is 1.86 bits per heavy atom. The zero-order valence-electron chi connectivity index (χ0n) is 18.1. The standard InChI is InChI=1S/C22H35F2N5/c1-20(2,3)6-10-28-11-7-21(8-12-28)14-17(21)15-25-18-4-5-19(27-26-18)29-13-9-22(23,24)16-29/h4-5,17H,6-16H2,1-3H3,(H,25,26). The molecule has 4 rings (SSSR count). The molecule has 3 heterocycles. The molecule has 1 aliphatic carbocycles. The number of halogens is 2. The molecular formula is C22H35F2N5. The van der Waals surface area contributed by atoms with Crippen LogP contribution in [0.25, 0.3) is 0 Å². The number of piperidine rings is 1. The lowest BCUT2D eigenvalue weighted by Gasteiger charge is -2.34. The van der Waals surface area contributed by atoms with Gasteiger partial charge in [0.25, 0.3) is 5.92 Å². The van der Waals surface area contributed by atoms with Crippen molar-refractivity contribution in [1.82, 2.24) is 15.1 Å². The van der Waals surface area contributed by atoms with Gasteiger partial charge < -0.3 is 15.1 Å². The monoisotopic (exact) mass is 407 g/mol. The fourth-order valence-corrected chi connectivity index (χ4v) is 4.80. The summed E-state index contributed by atoms with van der Waals surface area (Å²) >= 11 is 0. The van der Waals surface area contributed by atoms with Gasteiger partial charge in [0.1, 0.15) is 5.82 Å². The number of hydrogen-bond donors (Lipinski definition) is 1. The van der Waals surface area contributed by atoms with E-state index in [9.17, 15) is 8.78 Å². The van der Waals surface area contributed by atoms with Crippen LogP contribution in [0.4, 0.5) is 20.4 Å². The van der Waals surface area contributed by atoms with Crippen LogP contribution in [0.5, 0.6) is 0 Å². The number of likely N-dealkylation sites (tertiary alicyclic amines) is 1. The highest BCUT2D eigenvalue weighted by Crippen LogP contribution is 2.59. The first-order chi connectivity index (χ1) is 13.6. The van der Waals surface area contributed by atoms with Crippen molar-refractivity contribution in [3.05, 3.63) is 12.1 Å². The van der Waals surface area contributed by atoms with Crippen molar-refractivity contribution < 1.29 is 8.78 Å². The summed E-state index contributed by atoms with van der Waals surface area (Å²) in [6, 6.07) is 3.66. The van der Waals surface area contributed by atoms with Crippen LogP contribution in [0, 0.1) is 16.7 Å². The smallest absolute Gasteiger partial charge is 0.266 e. The molecule has 1 aromatic heterocycles. The van der Waals surface area contributed by atoms with Crippen molar-refractivity contribution in [2.75, 3.05) is 49.5 Å². The Hall–Kier alpha value is -1.50. The Morgan fingerprint density at radius 1 is 1.10 bits per heavy atom. The third-order valence-corrected chi connectivity index (χ3v) is 7.06. The maximum absolute atomic E-state index is 13.4. The van der Waals surface area contributed by atoms with E-state index in [2.05, 4.69) is 41.2 Å². The molecule has 2 aliphatic heterocycles. The number of anilines is 2. The summed E-state index contributed by atoms with van der Waals surface area (Å²) in [4.78, 5) is 4.24. The lowest BCUT2D eigenvalue weighted by Crippen LogP contribution is -2.37. The number of aromatic nitrogens is 2. The molecule has 3 fully saturated rings. The number of alkyl halides is 2. The SMILES string of the molecule is CC(C)(C)CCN1CCC2(CC1)CC2CNc1ccc(N2CCC(F)(F)C2)nn1. The molecule has 1 atom stereocenters. The minimum Gasteiger partial charge on any atom is -0.368 e. The average molecular weight is 408 g/mol. The van der Waals surface area contributed by atoms with Gasteiger partial charge in [0.2, 0.25) is 0 Å². The van der Waals surface area contributed by atoms with Gasteiger partial charge in [-0.3, -0.25) is 0 Å². The van der Waals surface area contributed by atoms with Crippen molar-refractivity contribution in [2.45, 2.75) is 58.8 Å². The molecule has 0 radical (unpaired) electrons. The maximum Gasteiger partial charge on any atom is 0.266 e. The van der Waals surface area contributed by atoms with Gasteiger partial charge in [0, 0.05) is 19.5 Å². The molecule has 1 saturated carbocycles. The van der Waals surface area contributed by atoms with Crippen LogP contribution in [0.1, 0.15) is 52.9 Å². The summed E-state index contributed by atoms with van der Waals surface area (Å²) in [5, 5.41) is 11.8. The van der Waals surface area contributed by atoms with Crippen LogP contribution >= 0.6 is 0 Å². The summed E-state index contributed by atoms with van der Waals surface area (Å²) in [7, 11) is 0. The van der Waals surface area contributed by atoms with Gasteiger partial charge >= 0.3 is 0 Å². The summed E-state index contributed by atoms with van der Waals surface area (Å²) in [6.45, 7) is 11.6. The molecule has 7 heteroatoms. The van der Waals surface area contributed by atoms with Crippen molar-refractivity contribution in [3.63, 3.8) is 0 Å². The molecule has 29 heavy (non-hydrogen) atoms. The van der Waals surface area contributed by atoms with E-state index in [1.165, 1.54) is 45.3 Å². The Balaban J connectivity index is 1.20. The van der Waals surface area contributed by atoms with E-state index in [0.29, 0.717) is 29.1 Å². The van der Waals surface area contributed by atoms with Gasteiger partial charge in [-0.05, 0) is 74.2 Å². The summed E-state index contributed by atoms with van der Waals surface area (Å²) < 4.78 is 26.7. The Morgan fingerprint density at radius 3 is 2.45 bits per heavy atom. The van der Waals surface area contributed by atoms with Crippen LogP contribution in [0.3, 0.4) is 0 Å². The second-order valence-electron chi connectivity index (χ2n) is 10.6. The second-order valence-corrected chi connectivity index (χ2v) is 10.6. The highest BCUT2D eigenvalue weighted by Gasteiger charge is 2.54. The predicted octanol–water partition coefficient (Wildman–Crippen LogP) is 4.27. The van der Waals surface area contributed by atoms with E-state index < -0.39 is 5.92 Å². The zero-order valence-corrected chi connectivity index (χ0v) is 18.1. The van der Waals surface area contributed by atoms with Crippen molar-refractivity contribution in [3.8, 4) is 0 Å².